The van der Waals surface area contributed by atoms with Gasteiger partial charge in [-0.2, -0.15) is 0 Å². The van der Waals surface area contributed by atoms with Crippen LogP contribution in [0.5, 0.6) is 11.5 Å². The van der Waals surface area contributed by atoms with E-state index in [-0.39, 0.29) is 49.1 Å². The second-order valence-electron chi connectivity index (χ2n) is 6.92. The zero-order chi connectivity index (χ0) is 26.4. The Morgan fingerprint density at radius 1 is 0.583 bits per heavy atom. The molecule has 0 saturated heterocycles. The van der Waals surface area contributed by atoms with Crippen LogP contribution in [0, 0.1) is 0 Å². The summed E-state index contributed by atoms with van der Waals surface area (Å²) in [5.41, 5.74) is 4.22. The Bertz CT molecular complexity index is 692. The molecule has 1 aromatic carbocycles. The van der Waals surface area contributed by atoms with Crippen LogP contribution in [0.15, 0.2) is 12.1 Å². The van der Waals surface area contributed by atoms with Crippen LogP contribution in [0.4, 0.5) is 0 Å². The van der Waals surface area contributed by atoms with Crippen molar-refractivity contribution >= 4 is 11.8 Å². The van der Waals surface area contributed by atoms with E-state index in [9.17, 15) is 9.59 Å². The fourth-order valence-electron chi connectivity index (χ4n) is 2.66. The number of nitrogens with two attached hydrogens (primary N) is 2. The van der Waals surface area contributed by atoms with Crippen LogP contribution >= 0.6 is 0 Å². The molecule has 0 aromatic heterocycles. The molecule has 0 atom stereocenters. The standard InChI is InChI=1S/C22H38N4O10/c1-29-3-5-31-7-9-33-11-13-35-19-15-18(22(28)26-24)20(16-17(19)21(27)25-23)36-14-12-34-10-8-32-6-4-30-2/h15-16H,3-14,23-24H2,1-2H3,(H,25,27)(H,26,28). The van der Waals surface area contributed by atoms with Crippen LogP contribution in [0.1, 0.15) is 20.7 Å². The highest BCUT2D eigenvalue weighted by molar-refractivity contribution is 6.02. The molecular formula is C22H38N4O10. The minimum absolute atomic E-state index is 0.0661. The Kier molecular flexibility index (Phi) is 18.0. The largest absolute Gasteiger partial charge is 0.490 e. The average molecular weight is 519 g/mol. The Balaban J connectivity index is 2.67. The molecule has 0 aliphatic heterocycles. The molecule has 0 saturated carbocycles. The van der Waals surface area contributed by atoms with Gasteiger partial charge in [-0.1, -0.05) is 0 Å². The molecule has 0 aliphatic carbocycles. The number of hydrogen-bond donors (Lipinski definition) is 4. The van der Waals surface area contributed by atoms with Crippen molar-refractivity contribution in [2.45, 2.75) is 0 Å². The molecule has 206 valence electrons. The lowest BCUT2D eigenvalue weighted by molar-refractivity contribution is 0.0176. The molecule has 6 N–H and O–H groups in total. The van der Waals surface area contributed by atoms with Crippen molar-refractivity contribution in [3.05, 3.63) is 23.3 Å². The zero-order valence-electron chi connectivity index (χ0n) is 20.9. The fourth-order valence-corrected chi connectivity index (χ4v) is 2.66. The van der Waals surface area contributed by atoms with Gasteiger partial charge in [-0.15, -0.1) is 0 Å². The molecule has 0 heterocycles. The highest BCUT2D eigenvalue weighted by Crippen LogP contribution is 2.29. The van der Waals surface area contributed by atoms with Crippen molar-refractivity contribution in [2.75, 3.05) is 93.5 Å². The number of carbonyl (C=O) groups excluding carboxylic acids is 2. The van der Waals surface area contributed by atoms with E-state index in [0.717, 1.165) is 0 Å². The molecule has 14 nitrogen and oxygen atoms in total. The van der Waals surface area contributed by atoms with E-state index in [1.807, 2.05) is 10.9 Å². The molecular weight excluding hydrogens is 480 g/mol. The quantitative estimate of drug-likeness (QED) is 0.0637. The van der Waals surface area contributed by atoms with Gasteiger partial charge in [-0.3, -0.25) is 20.4 Å². The van der Waals surface area contributed by atoms with Crippen LogP contribution in [-0.2, 0) is 28.4 Å². The zero-order valence-corrected chi connectivity index (χ0v) is 20.9. The van der Waals surface area contributed by atoms with Crippen molar-refractivity contribution in [2.24, 2.45) is 11.7 Å². The lowest BCUT2D eigenvalue weighted by Crippen LogP contribution is -2.32. The molecule has 1 aromatic rings. The van der Waals surface area contributed by atoms with Crippen LogP contribution < -0.4 is 32.0 Å². The normalized spacial score (nSPS) is 10.8. The molecule has 1 rings (SSSR count). The summed E-state index contributed by atoms with van der Waals surface area (Å²) in [6, 6.07) is 2.70. The SMILES string of the molecule is COCCOCCOCCOc1cc(C(=O)NN)c(OCCOCCOCCOC)cc1C(=O)NN. The summed E-state index contributed by atoms with van der Waals surface area (Å²) in [6.45, 7) is 4.14. The van der Waals surface area contributed by atoms with Gasteiger partial charge in [0, 0.05) is 14.2 Å². The van der Waals surface area contributed by atoms with Crippen molar-refractivity contribution < 1.29 is 47.5 Å². The number of rotatable bonds is 22. The van der Waals surface area contributed by atoms with Gasteiger partial charge in [0.2, 0.25) is 0 Å². The first-order valence-corrected chi connectivity index (χ1v) is 11.3. The Labute approximate surface area is 210 Å². The molecule has 0 fully saturated rings. The highest BCUT2D eigenvalue weighted by atomic mass is 16.6. The second-order valence-corrected chi connectivity index (χ2v) is 6.92. The number of methoxy groups -OCH3 is 2. The first-order valence-electron chi connectivity index (χ1n) is 11.3. The summed E-state index contributed by atoms with van der Waals surface area (Å²) in [5, 5.41) is 0. The third-order valence-corrected chi connectivity index (χ3v) is 4.41. The predicted molar refractivity (Wildman–Crippen MR) is 128 cm³/mol. The summed E-state index contributed by atoms with van der Waals surface area (Å²) in [7, 11) is 3.19. The fraction of sp³-hybridized carbons (Fsp3) is 0.636. The number of benzene rings is 1. The van der Waals surface area contributed by atoms with Gasteiger partial charge >= 0.3 is 0 Å². The molecule has 0 radical (unpaired) electrons. The van der Waals surface area contributed by atoms with Gasteiger partial charge < -0.3 is 37.9 Å². The molecule has 0 unspecified atom stereocenters. The Morgan fingerprint density at radius 3 is 1.19 bits per heavy atom. The molecule has 14 heteroatoms. The van der Waals surface area contributed by atoms with Crippen molar-refractivity contribution in [3.63, 3.8) is 0 Å². The van der Waals surface area contributed by atoms with Crippen LogP contribution in [0.3, 0.4) is 0 Å². The van der Waals surface area contributed by atoms with E-state index in [4.69, 9.17) is 49.6 Å². The van der Waals surface area contributed by atoms with E-state index in [0.29, 0.717) is 52.9 Å². The lowest BCUT2D eigenvalue weighted by atomic mass is 10.1. The summed E-state index contributed by atoms with van der Waals surface area (Å²) < 4.78 is 42.6. The molecule has 0 aliphatic rings. The van der Waals surface area contributed by atoms with Gasteiger partial charge in [-0.05, 0) is 12.1 Å². The molecule has 0 bridgehead atoms. The van der Waals surface area contributed by atoms with E-state index in [1.165, 1.54) is 12.1 Å². The first kappa shape index (κ1) is 31.5. The van der Waals surface area contributed by atoms with Crippen molar-refractivity contribution in [1.29, 1.82) is 0 Å². The number of nitrogens with one attached hydrogen (secondary N) is 2. The number of nitrogen functional groups attached to an aromatic ring is 2. The predicted octanol–water partition coefficient (Wildman–Crippen LogP) is -0.990. The number of amides is 2. The van der Waals surface area contributed by atoms with Gasteiger partial charge in [-0.25, -0.2) is 11.7 Å². The maximum absolute atomic E-state index is 12.3. The maximum Gasteiger partial charge on any atom is 0.269 e. The summed E-state index contributed by atoms with van der Waals surface area (Å²) in [5.74, 6) is 9.56. The van der Waals surface area contributed by atoms with E-state index < -0.39 is 11.8 Å². The van der Waals surface area contributed by atoms with Crippen molar-refractivity contribution in [3.8, 4) is 11.5 Å². The van der Waals surface area contributed by atoms with Gasteiger partial charge in [0.25, 0.3) is 11.8 Å². The van der Waals surface area contributed by atoms with Gasteiger partial charge in [0.1, 0.15) is 24.7 Å². The first-order chi connectivity index (χ1) is 17.6. The summed E-state index contributed by atoms with van der Waals surface area (Å²) in [6.07, 6.45) is 0. The highest BCUT2D eigenvalue weighted by Gasteiger charge is 2.21. The second kappa shape index (κ2) is 20.6. The molecule has 0 spiro atoms. The minimum atomic E-state index is -0.633. The average Bonchev–Trinajstić information content (AvgIpc) is 2.90. The van der Waals surface area contributed by atoms with E-state index in [1.54, 1.807) is 14.2 Å². The smallest absolute Gasteiger partial charge is 0.269 e. The topological polar surface area (TPSA) is 184 Å². The molecule has 2 amide bonds. The summed E-state index contributed by atoms with van der Waals surface area (Å²) in [4.78, 5) is 24.6. The number of hydrogen-bond acceptors (Lipinski definition) is 12. The van der Waals surface area contributed by atoms with E-state index >= 15 is 0 Å². The van der Waals surface area contributed by atoms with Crippen molar-refractivity contribution in [1.82, 2.24) is 10.9 Å². The van der Waals surface area contributed by atoms with Gasteiger partial charge in [0.15, 0.2) is 0 Å². The minimum Gasteiger partial charge on any atom is -0.490 e. The Hall–Kier alpha value is -2.56. The van der Waals surface area contributed by atoms with Crippen LogP contribution in [0.25, 0.3) is 0 Å². The number of carbonyl (C=O) groups is 2. The number of ether oxygens (including phenoxy) is 8. The third-order valence-electron chi connectivity index (χ3n) is 4.41. The molecule has 36 heavy (non-hydrogen) atoms. The van der Waals surface area contributed by atoms with E-state index in [2.05, 4.69) is 0 Å². The van der Waals surface area contributed by atoms with Crippen LogP contribution in [0.2, 0.25) is 0 Å². The lowest BCUT2D eigenvalue weighted by Gasteiger charge is -2.16. The summed E-state index contributed by atoms with van der Waals surface area (Å²) >= 11 is 0. The monoisotopic (exact) mass is 518 g/mol. The number of hydrazine groups is 2. The van der Waals surface area contributed by atoms with Crippen LogP contribution in [-0.4, -0.2) is 105 Å². The van der Waals surface area contributed by atoms with Gasteiger partial charge in [0.05, 0.1) is 77.2 Å². The third kappa shape index (κ3) is 12.9. The Morgan fingerprint density at radius 2 is 0.889 bits per heavy atom. The maximum atomic E-state index is 12.3.